The van der Waals surface area contributed by atoms with Crippen molar-refractivity contribution in [1.82, 2.24) is 9.80 Å². The topological polar surface area (TPSA) is 35.9 Å². The molecule has 1 aliphatic heterocycles. The zero-order valence-electron chi connectivity index (χ0n) is 15.9. The van der Waals surface area contributed by atoms with Crippen molar-refractivity contribution in [3.05, 3.63) is 59.7 Å². The Balaban J connectivity index is 1.52. The number of hydrogen-bond acceptors (Lipinski definition) is 4. The van der Waals surface area contributed by atoms with Crippen LogP contribution < -0.4 is 4.74 Å². The Kier molecular flexibility index (Phi) is 6.53. The second kappa shape index (κ2) is 9.06. The van der Waals surface area contributed by atoms with Gasteiger partial charge in [-0.3, -0.25) is 4.90 Å². The lowest BCUT2D eigenvalue weighted by Gasteiger charge is -2.37. The molecule has 0 saturated carbocycles. The van der Waals surface area contributed by atoms with Gasteiger partial charge >= 0.3 is 0 Å². The minimum Gasteiger partial charge on any atom is -0.504 e. The molecule has 0 amide bonds. The third kappa shape index (κ3) is 4.99. The Hall–Kier alpha value is -2.04. The Morgan fingerprint density at radius 3 is 2.69 bits per heavy atom. The summed E-state index contributed by atoms with van der Waals surface area (Å²) in [6.07, 6.45) is 3.60. The maximum Gasteiger partial charge on any atom is 0.160 e. The molecule has 1 saturated heterocycles. The van der Waals surface area contributed by atoms with Crippen LogP contribution in [0.25, 0.3) is 0 Å². The number of piperidine rings is 1. The van der Waals surface area contributed by atoms with Gasteiger partial charge in [0.1, 0.15) is 0 Å². The molecule has 4 heteroatoms. The van der Waals surface area contributed by atoms with Gasteiger partial charge in [0.2, 0.25) is 0 Å². The van der Waals surface area contributed by atoms with Crippen LogP contribution in [0.5, 0.6) is 11.5 Å². The molecule has 0 radical (unpaired) electrons. The van der Waals surface area contributed by atoms with Crippen molar-refractivity contribution in [2.45, 2.75) is 31.8 Å². The lowest BCUT2D eigenvalue weighted by Crippen LogP contribution is -2.46. The van der Waals surface area contributed by atoms with Crippen molar-refractivity contribution in [3.63, 3.8) is 0 Å². The molecule has 3 rings (SSSR count). The molecule has 0 spiro atoms. The Morgan fingerprint density at radius 1 is 1.15 bits per heavy atom. The molecule has 0 bridgehead atoms. The summed E-state index contributed by atoms with van der Waals surface area (Å²) in [6, 6.07) is 17.0. The lowest BCUT2D eigenvalue weighted by molar-refractivity contribution is 0.112. The minimum atomic E-state index is 0.214. The summed E-state index contributed by atoms with van der Waals surface area (Å²) in [4.78, 5) is 5.00. The number of phenols is 1. The first kappa shape index (κ1) is 18.7. The van der Waals surface area contributed by atoms with E-state index in [-0.39, 0.29) is 5.75 Å². The van der Waals surface area contributed by atoms with Crippen LogP contribution >= 0.6 is 0 Å². The van der Waals surface area contributed by atoms with Crippen molar-refractivity contribution in [2.75, 3.05) is 33.8 Å². The van der Waals surface area contributed by atoms with E-state index in [2.05, 4.69) is 47.2 Å². The molecule has 1 fully saturated rings. The first-order valence-electron chi connectivity index (χ1n) is 9.48. The van der Waals surface area contributed by atoms with Gasteiger partial charge < -0.3 is 14.7 Å². The molecule has 1 unspecified atom stereocenters. The molecule has 0 aliphatic carbocycles. The van der Waals surface area contributed by atoms with E-state index in [0.29, 0.717) is 11.8 Å². The maximum atomic E-state index is 9.98. The van der Waals surface area contributed by atoms with Gasteiger partial charge in [-0.05, 0) is 56.1 Å². The summed E-state index contributed by atoms with van der Waals surface area (Å²) in [5, 5.41) is 9.98. The average molecular weight is 354 g/mol. The fraction of sp³-hybridized carbons (Fsp3) is 0.455. The van der Waals surface area contributed by atoms with E-state index in [1.165, 1.54) is 24.9 Å². The van der Waals surface area contributed by atoms with E-state index in [1.54, 1.807) is 7.11 Å². The third-order valence-corrected chi connectivity index (χ3v) is 5.34. The van der Waals surface area contributed by atoms with Crippen molar-refractivity contribution >= 4 is 0 Å². The van der Waals surface area contributed by atoms with E-state index in [1.807, 2.05) is 18.2 Å². The average Bonchev–Trinajstić information content (AvgIpc) is 2.67. The molecule has 1 heterocycles. The predicted molar refractivity (Wildman–Crippen MR) is 106 cm³/mol. The first-order chi connectivity index (χ1) is 12.7. The zero-order valence-corrected chi connectivity index (χ0v) is 15.9. The number of likely N-dealkylation sites (N-methyl/N-ethyl adjacent to an activating group) is 1. The van der Waals surface area contributed by atoms with Crippen LogP contribution in [0.2, 0.25) is 0 Å². The fourth-order valence-electron chi connectivity index (χ4n) is 3.78. The molecule has 2 aromatic carbocycles. The fourth-order valence-corrected chi connectivity index (χ4v) is 3.78. The molecular weight excluding hydrogens is 324 g/mol. The number of phenolic OH excluding ortho intramolecular Hbond substituents is 1. The van der Waals surface area contributed by atoms with Crippen LogP contribution in [-0.4, -0.2) is 54.7 Å². The highest BCUT2D eigenvalue weighted by molar-refractivity contribution is 5.41. The summed E-state index contributed by atoms with van der Waals surface area (Å²) in [6.45, 7) is 4.28. The first-order valence-corrected chi connectivity index (χ1v) is 9.48. The van der Waals surface area contributed by atoms with Crippen LogP contribution in [0.4, 0.5) is 0 Å². The van der Waals surface area contributed by atoms with Gasteiger partial charge in [-0.2, -0.15) is 0 Å². The van der Waals surface area contributed by atoms with Gasteiger partial charge in [0.05, 0.1) is 7.11 Å². The molecule has 26 heavy (non-hydrogen) atoms. The van der Waals surface area contributed by atoms with E-state index in [0.717, 1.165) is 31.6 Å². The second-order valence-electron chi connectivity index (χ2n) is 7.25. The number of aromatic hydroxyl groups is 1. The minimum absolute atomic E-state index is 0.214. The van der Waals surface area contributed by atoms with Gasteiger partial charge in [0.15, 0.2) is 11.5 Å². The summed E-state index contributed by atoms with van der Waals surface area (Å²) < 4.78 is 5.13. The van der Waals surface area contributed by atoms with E-state index in [9.17, 15) is 5.11 Å². The molecule has 140 valence electrons. The van der Waals surface area contributed by atoms with Crippen LogP contribution in [-0.2, 0) is 13.0 Å². The van der Waals surface area contributed by atoms with Crippen LogP contribution in [0.1, 0.15) is 24.0 Å². The predicted octanol–water partition coefficient (Wildman–Crippen LogP) is 3.54. The number of methoxy groups -OCH3 is 1. The van der Waals surface area contributed by atoms with Crippen molar-refractivity contribution in [2.24, 2.45) is 0 Å². The highest BCUT2D eigenvalue weighted by atomic mass is 16.5. The Bertz CT molecular complexity index is 690. The summed E-state index contributed by atoms with van der Waals surface area (Å²) in [5.41, 5.74) is 2.53. The molecule has 0 aromatic heterocycles. The maximum absolute atomic E-state index is 9.98. The summed E-state index contributed by atoms with van der Waals surface area (Å²) in [7, 11) is 3.76. The van der Waals surface area contributed by atoms with Crippen molar-refractivity contribution in [3.8, 4) is 11.5 Å². The normalized spacial score (nSPS) is 18.2. The molecule has 1 N–H and O–H groups in total. The van der Waals surface area contributed by atoms with Crippen molar-refractivity contribution < 1.29 is 9.84 Å². The monoisotopic (exact) mass is 354 g/mol. The van der Waals surface area contributed by atoms with Crippen LogP contribution in [0, 0.1) is 0 Å². The number of likely N-dealkylation sites (tertiary alicyclic amines) is 1. The molecule has 1 atom stereocenters. The smallest absolute Gasteiger partial charge is 0.160 e. The zero-order chi connectivity index (χ0) is 18.4. The van der Waals surface area contributed by atoms with Gasteiger partial charge in [-0.1, -0.05) is 36.4 Å². The Morgan fingerprint density at radius 2 is 1.96 bits per heavy atom. The number of hydrogen-bond donors (Lipinski definition) is 1. The van der Waals surface area contributed by atoms with Gasteiger partial charge in [-0.25, -0.2) is 0 Å². The highest BCUT2D eigenvalue weighted by Gasteiger charge is 2.23. The molecule has 4 nitrogen and oxygen atoms in total. The third-order valence-electron chi connectivity index (χ3n) is 5.34. The number of ether oxygens (including phenoxy) is 1. The lowest BCUT2D eigenvalue weighted by atomic mass is 10.0. The highest BCUT2D eigenvalue weighted by Crippen LogP contribution is 2.27. The second-order valence-corrected chi connectivity index (χ2v) is 7.25. The van der Waals surface area contributed by atoms with Crippen LogP contribution in [0.15, 0.2) is 48.5 Å². The quantitative estimate of drug-likeness (QED) is 0.825. The van der Waals surface area contributed by atoms with Crippen molar-refractivity contribution in [1.29, 1.82) is 0 Å². The molecule has 2 aromatic rings. The number of nitrogens with zero attached hydrogens (tertiary/aromatic N) is 2. The molecular formula is C22H30N2O2. The largest absolute Gasteiger partial charge is 0.504 e. The summed E-state index contributed by atoms with van der Waals surface area (Å²) in [5.74, 6) is 0.743. The Labute approximate surface area is 157 Å². The van der Waals surface area contributed by atoms with E-state index >= 15 is 0 Å². The number of benzene rings is 2. The van der Waals surface area contributed by atoms with Gasteiger partial charge in [-0.15, -0.1) is 0 Å². The van der Waals surface area contributed by atoms with E-state index < -0.39 is 0 Å². The van der Waals surface area contributed by atoms with Gasteiger partial charge in [0, 0.05) is 25.7 Å². The van der Waals surface area contributed by atoms with E-state index in [4.69, 9.17) is 4.74 Å². The van der Waals surface area contributed by atoms with Gasteiger partial charge in [0.25, 0.3) is 0 Å². The standard InChI is InChI=1S/C22H30N2O2/c1-23(16-19-10-11-22(26-2)21(25)15-19)20-9-6-13-24(17-20)14-12-18-7-4-3-5-8-18/h3-5,7-8,10-11,15,20,25H,6,9,12-14,16-17H2,1-2H3. The molecule has 1 aliphatic rings. The summed E-state index contributed by atoms with van der Waals surface area (Å²) >= 11 is 0. The SMILES string of the molecule is COc1ccc(CN(C)C2CCCN(CCc3ccccc3)C2)cc1O. The number of rotatable bonds is 7. The van der Waals surface area contributed by atoms with Crippen LogP contribution in [0.3, 0.4) is 0 Å².